The zero-order valence-electron chi connectivity index (χ0n) is 13.0. The summed E-state index contributed by atoms with van der Waals surface area (Å²) in [7, 11) is 0. The minimum atomic E-state index is -1.24. The summed E-state index contributed by atoms with van der Waals surface area (Å²) < 4.78 is 11.9. The van der Waals surface area contributed by atoms with Gasteiger partial charge in [-0.3, -0.25) is 9.88 Å². The first-order valence-electron chi connectivity index (χ1n) is 7.08. The van der Waals surface area contributed by atoms with Gasteiger partial charge in [0.05, 0.1) is 9.67 Å². The Kier molecular flexibility index (Phi) is 6.86. The number of halogens is 1. The molecule has 3 N–H and O–H groups in total. The molecule has 11 heteroatoms. The van der Waals surface area contributed by atoms with Crippen LogP contribution in [0, 0.1) is 3.57 Å². The van der Waals surface area contributed by atoms with Gasteiger partial charge < -0.3 is 19.7 Å². The van der Waals surface area contributed by atoms with Gasteiger partial charge in [0.15, 0.2) is 12.0 Å². The van der Waals surface area contributed by atoms with Crippen molar-refractivity contribution < 1.29 is 24.5 Å². The molecule has 1 fully saturated rings. The number of aliphatic hydroxyl groups excluding tert-OH is 2. The Morgan fingerprint density at radius 2 is 2.25 bits per heavy atom. The van der Waals surface area contributed by atoms with Gasteiger partial charge >= 0.3 is 11.8 Å². The van der Waals surface area contributed by atoms with Crippen LogP contribution in [0.2, 0.25) is 0 Å². The van der Waals surface area contributed by atoms with Crippen LogP contribution in [-0.4, -0.2) is 62.8 Å². The Labute approximate surface area is 155 Å². The maximum absolute atomic E-state index is 12.2. The number of hydrogen-bond acceptors (Lipinski definition) is 8. The van der Waals surface area contributed by atoms with Gasteiger partial charge in [0, 0.05) is 11.9 Å². The van der Waals surface area contributed by atoms with Gasteiger partial charge in [-0.25, -0.2) is 9.59 Å². The van der Waals surface area contributed by atoms with Gasteiger partial charge in [0.2, 0.25) is 0 Å². The average Bonchev–Trinajstić information content (AvgIpc) is 2.78. The Morgan fingerprint density at radius 1 is 1.54 bits per heavy atom. The third-order valence-corrected chi connectivity index (χ3v) is 4.76. The summed E-state index contributed by atoms with van der Waals surface area (Å²) in [6.07, 6.45) is -1.40. The highest BCUT2D eigenvalue weighted by Gasteiger charge is 2.42. The summed E-state index contributed by atoms with van der Waals surface area (Å²) >= 11 is 3.43. The number of thioether (sulfide) groups is 1. The van der Waals surface area contributed by atoms with Crippen molar-refractivity contribution in [2.24, 2.45) is 0 Å². The number of rotatable bonds is 5. The van der Waals surface area contributed by atoms with E-state index in [4.69, 9.17) is 9.47 Å². The average molecular weight is 471 g/mol. The first-order chi connectivity index (χ1) is 11.3. The fourth-order valence-electron chi connectivity index (χ4n) is 2.12. The fourth-order valence-corrected chi connectivity index (χ4v) is 2.93. The molecule has 1 aliphatic rings. The third-order valence-electron chi connectivity index (χ3n) is 3.40. The van der Waals surface area contributed by atoms with Gasteiger partial charge in [0.1, 0.15) is 18.8 Å². The van der Waals surface area contributed by atoms with Crippen LogP contribution in [0.5, 0.6) is 0 Å². The monoisotopic (exact) mass is 471 g/mol. The van der Waals surface area contributed by atoms with E-state index in [1.807, 2.05) is 28.8 Å². The Hall–Kier alpha value is -0.890. The molecular weight excluding hydrogens is 453 g/mol. The maximum Gasteiger partial charge on any atom is 0.412 e. The molecule has 2 heterocycles. The number of anilines is 1. The molecule has 0 aliphatic carbocycles. The minimum absolute atomic E-state index is 0.0621. The topological polar surface area (TPSA) is 123 Å². The van der Waals surface area contributed by atoms with Gasteiger partial charge in [-0.05, 0) is 35.8 Å². The van der Waals surface area contributed by atoms with Crippen LogP contribution in [0.3, 0.4) is 0 Å². The molecule has 9 nitrogen and oxygen atoms in total. The van der Waals surface area contributed by atoms with E-state index in [-0.39, 0.29) is 12.4 Å². The second-order valence-electron chi connectivity index (χ2n) is 5.09. The lowest BCUT2D eigenvalue weighted by Crippen LogP contribution is -2.36. The summed E-state index contributed by atoms with van der Waals surface area (Å²) in [5.74, 6) is 0.726. The smallest absolute Gasteiger partial charge is 0.412 e. The van der Waals surface area contributed by atoms with Gasteiger partial charge in [0.25, 0.3) is 0 Å². The number of amides is 1. The van der Waals surface area contributed by atoms with Crippen molar-refractivity contribution >= 4 is 46.3 Å². The summed E-state index contributed by atoms with van der Waals surface area (Å²) in [6, 6.07) is 0. The van der Waals surface area contributed by atoms with E-state index in [1.165, 1.54) is 18.0 Å². The zero-order chi connectivity index (χ0) is 17.9. The molecule has 0 spiro atoms. The summed E-state index contributed by atoms with van der Waals surface area (Å²) in [5, 5.41) is 22.1. The van der Waals surface area contributed by atoms with E-state index < -0.39 is 36.3 Å². The second-order valence-corrected chi connectivity index (χ2v) is 7.24. The highest BCUT2D eigenvalue weighted by atomic mass is 127. The number of hydrogen-bond donors (Lipinski definition) is 3. The molecule has 1 aromatic rings. The SMILES string of the molecule is CSCCOC(=O)Nc1nc(=O)n([C@@H]2O[C@H](C)[C@@H](O)[C@H]2O)cc1I. The minimum Gasteiger partial charge on any atom is -0.448 e. The molecule has 1 saturated heterocycles. The van der Waals surface area contributed by atoms with E-state index in [2.05, 4.69) is 10.3 Å². The van der Waals surface area contributed by atoms with E-state index >= 15 is 0 Å². The van der Waals surface area contributed by atoms with E-state index in [9.17, 15) is 19.8 Å². The van der Waals surface area contributed by atoms with Crippen LogP contribution in [-0.2, 0) is 9.47 Å². The van der Waals surface area contributed by atoms with Crippen LogP contribution >= 0.6 is 34.4 Å². The van der Waals surface area contributed by atoms with E-state index in [0.29, 0.717) is 9.32 Å². The molecular formula is C13H18IN3O6S. The number of carbonyl (C=O) groups excluding carboxylic acids is 1. The number of aliphatic hydroxyl groups is 2. The van der Waals surface area contributed by atoms with Crippen molar-refractivity contribution in [3.05, 3.63) is 20.3 Å². The van der Waals surface area contributed by atoms with Crippen molar-refractivity contribution in [3.8, 4) is 0 Å². The maximum atomic E-state index is 12.2. The number of ether oxygens (including phenoxy) is 2. The van der Waals surface area contributed by atoms with Crippen molar-refractivity contribution in [2.75, 3.05) is 23.9 Å². The van der Waals surface area contributed by atoms with Crippen molar-refractivity contribution in [2.45, 2.75) is 31.5 Å². The Bertz CT molecular complexity index is 657. The predicted molar refractivity (Wildman–Crippen MR) is 96.2 cm³/mol. The molecule has 0 saturated carbocycles. The van der Waals surface area contributed by atoms with Gasteiger partial charge in [-0.2, -0.15) is 16.7 Å². The van der Waals surface area contributed by atoms with Crippen LogP contribution < -0.4 is 11.0 Å². The normalized spacial score (nSPS) is 26.4. The second kappa shape index (κ2) is 8.47. The Balaban J connectivity index is 2.14. The highest BCUT2D eigenvalue weighted by Crippen LogP contribution is 2.28. The molecule has 1 aromatic heterocycles. The lowest BCUT2D eigenvalue weighted by molar-refractivity contribution is -0.0351. The molecule has 1 amide bonds. The van der Waals surface area contributed by atoms with Gasteiger partial charge in [-0.1, -0.05) is 0 Å². The molecule has 1 aliphatic heterocycles. The molecule has 134 valence electrons. The molecule has 0 aromatic carbocycles. The fraction of sp³-hybridized carbons (Fsp3) is 0.615. The lowest BCUT2D eigenvalue weighted by Gasteiger charge is -2.18. The third kappa shape index (κ3) is 4.39. The summed E-state index contributed by atoms with van der Waals surface area (Å²) in [6.45, 7) is 1.84. The zero-order valence-corrected chi connectivity index (χ0v) is 16.0. The van der Waals surface area contributed by atoms with Crippen LogP contribution in [0.1, 0.15) is 13.2 Å². The number of carbonyl (C=O) groups is 1. The first kappa shape index (κ1) is 19.4. The number of nitrogens with one attached hydrogen (secondary N) is 1. The lowest BCUT2D eigenvalue weighted by atomic mass is 10.1. The standard InChI is InChI=1S/C13H18IN3O6S/c1-6-8(18)9(19)11(23-6)17-5-7(14)10(15-12(17)20)16-13(21)22-3-4-24-2/h5-6,8-9,11,18-19H,3-4H2,1-2H3,(H,15,16,20,21)/t6-,8-,9-,11-/m1/s1. The molecule has 4 atom stereocenters. The Morgan fingerprint density at radius 3 is 2.83 bits per heavy atom. The molecule has 2 rings (SSSR count). The van der Waals surface area contributed by atoms with Crippen molar-refractivity contribution in [3.63, 3.8) is 0 Å². The molecule has 0 unspecified atom stereocenters. The van der Waals surface area contributed by atoms with Crippen molar-refractivity contribution in [1.29, 1.82) is 0 Å². The highest BCUT2D eigenvalue weighted by molar-refractivity contribution is 14.1. The first-order valence-corrected chi connectivity index (χ1v) is 9.55. The number of nitrogens with zero attached hydrogens (tertiary/aromatic N) is 2. The molecule has 24 heavy (non-hydrogen) atoms. The predicted octanol–water partition coefficient (Wildman–Crippen LogP) is 0.398. The van der Waals surface area contributed by atoms with Crippen molar-refractivity contribution in [1.82, 2.24) is 9.55 Å². The molecule has 0 bridgehead atoms. The summed E-state index contributed by atoms with van der Waals surface area (Å²) in [4.78, 5) is 27.6. The van der Waals surface area contributed by atoms with Crippen LogP contribution in [0.4, 0.5) is 10.6 Å². The number of aromatic nitrogens is 2. The molecule has 0 radical (unpaired) electrons. The summed E-state index contributed by atoms with van der Waals surface area (Å²) in [5.41, 5.74) is -0.722. The van der Waals surface area contributed by atoms with Gasteiger partial charge in [-0.15, -0.1) is 0 Å². The van der Waals surface area contributed by atoms with E-state index in [1.54, 1.807) is 6.92 Å². The van der Waals surface area contributed by atoms with E-state index in [0.717, 1.165) is 4.57 Å². The van der Waals surface area contributed by atoms with Crippen LogP contribution in [0.25, 0.3) is 0 Å². The quantitative estimate of drug-likeness (QED) is 0.417. The van der Waals surface area contributed by atoms with Crippen LogP contribution in [0.15, 0.2) is 11.0 Å². The largest absolute Gasteiger partial charge is 0.448 e.